The number of hydrogen-bond acceptors (Lipinski definition) is 7. The second-order valence-electron chi connectivity index (χ2n) is 8.39. The van der Waals surface area contributed by atoms with Crippen LogP contribution in [-0.2, 0) is 0 Å². The van der Waals surface area contributed by atoms with Crippen LogP contribution in [0.5, 0.6) is 5.75 Å². The summed E-state index contributed by atoms with van der Waals surface area (Å²) in [5.74, 6) is 1.81. The van der Waals surface area contributed by atoms with Crippen molar-refractivity contribution in [2.75, 3.05) is 24.5 Å². The fraction of sp³-hybridized carbons (Fsp3) is 0.435. The van der Waals surface area contributed by atoms with Crippen LogP contribution < -0.4 is 10.2 Å². The van der Waals surface area contributed by atoms with Gasteiger partial charge in [-0.1, -0.05) is 12.5 Å². The molecule has 6 nitrogen and oxygen atoms in total. The predicted molar refractivity (Wildman–Crippen MR) is 121 cm³/mol. The number of aromatic nitrogens is 3. The van der Waals surface area contributed by atoms with Gasteiger partial charge >= 0.3 is 0 Å². The Morgan fingerprint density at radius 3 is 2.73 bits per heavy atom. The molecule has 1 saturated heterocycles. The molecule has 30 heavy (non-hydrogen) atoms. The van der Waals surface area contributed by atoms with E-state index in [4.69, 9.17) is 0 Å². The molecule has 5 rings (SSSR count). The normalized spacial score (nSPS) is 19.2. The molecule has 7 heteroatoms. The number of nitrogens with one attached hydrogen (secondary N) is 1. The first-order chi connectivity index (χ1) is 14.7. The molecule has 2 fully saturated rings. The first-order valence-corrected chi connectivity index (χ1v) is 11.6. The minimum atomic E-state index is 0.212. The maximum atomic E-state index is 10.6. The Morgan fingerprint density at radius 1 is 1.17 bits per heavy atom. The molecule has 0 spiro atoms. The predicted octanol–water partition coefficient (Wildman–Crippen LogP) is 4.25. The van der Waals surface area contributed by atoms with Gasteiger partial charge in [0.15, 0.2) is 5.82 Å². The number of phenols is 1. The van der Waals surface area contributed by atoms with Crippen molar-refractivity contribution in [3.63, 3.8) is 0 Å². The largest absolute Gasteiger partial charge is 0.507 e. The molecule has 0 unspecified atom stereocenters. The van der Waals surface area contributed by atoms with E-state index in [2.05, 4.69) is 25.4 Å². The summed E-state index contributed by atoms with van der Waals surface area (Å²) in [7, 11) is 0. The summed E-state index contributed by atoms with van der Waals surface area (Å²) < 4.78 is 0. The van der Waals surface area contributed by atoms with E-state index in [1.807, 2.05) is 37.4 Å². The van der Waals surface area contributed by atoms with E-state index < -0.39 is 0 Å². The van der Waals surface area contributed by atoms with Crippen molar-refractivity contribution in [3.8, 4) is 27.4 Å². The van der Waals surface area contributed by atoms with Crippen LogP contribution >= 0.6 is 11.3 Å². The number of hydrogen-bond donors (Lipinski definition) is 2. The van der Waals surface area contributed by atoms with Crippen LogP contribution in [0.4, 0.5) is 5.82 Å². The zero-order valence-corrected chi connectivity index (χ0v) is 18.0. The van der Waals surface area contributed by atoms with Gasteiger partial charge in [0, 0.05) is 30.9 Å². The van der Waals surface area contributed by atoms with Crippen LogP contribution in [0.1, 0.15) is 30.7 Å². The highest BCUT2D eigenvalue weighted by Gasteiger charge is 2.25. The number of aryl methyl sites for hydroxylation is 1. The average Bonchev–Trinajstić information content (AvgIpc) is 3.36. The van der Waals surface area contributed by atoms with Gasteiger partial charge in [-0.25, -0.2) is 4.98 Å². The summed E-state index contributed by atoms with van der Waals surface area (Å²) >= 11 is 1.62. The van der Waals surface area contributed by atoms with E-state index in [9.17, 15) is 5.11 Å². The zero-order chi connectivity index (χ0) is 20.5. The zero-order valence-electron chi connectivity index (χ0n) is 17.2. The first-order valence-electron chi connectivity index (χ1n) is 10.7. The van der Waals surface area contributed by atoms with Gasteiger partial charge in [-0.15, -0.1) is 21.5 Å². The van der Waals surface area contributed by atoms with Gasteiger partial charge in [-0.3, -0.25) is 0 Å². The summed E-state index contributed by atoms with van der Waals surface area (Å²) in [5.41, 5.74) is 2.35. The number of rotatable bonds is 6. The highest BCUT2D eigenvalue weighted by molar-refractivity contribution is 7.15. The number of benzene rings is 1. The quantitative estimate of drug-likeness (QED) is 0.620. The third-order valence-electron chi connectivity index (χ3n) is 6.24. The summed E-state index contributed by atoms with van der Waals surface area (Å²) in [6.45, 7) is 5.14. The van der Waals surface area contributed by atoms with Crippen LogP contribution in [0.15, 0.2) is 36.5 Å². The fourth-order valence-electron chi connectivity index (χ4n) is 4.19. The second kappa shape index (κ2) is 8.32. The Labute approximate surface area is 181 Å². The van der Waals surface area contributed by atoms with Gasteiger partial charge in [-0.05, 0) is 68.5 Å². The van der Waals surface area contributed by atoms with Crippen LogP contribution in [0.2, 0.25) is 0 Å². The monoisotopic (exact) mass is 421 g/mol. The van der Waals surface area contributed by atoms with Crippen molar-refractivity contribution < 1.29 is 5.11 Å². The SMILES string of the molecule is Cc1ncc(-c2ccc(-c3ccc(N4CC[C@@H](CNC5CCC5)C4)nn3)c(O)c2)s1. The summed E-state index contributed by atoms with van der Waals surface area (Å²) in [5, 5.41) is 24.1. The molecule has 0 bridgehead atoms. The van der Waals surface area contributed by atoms with Gasteiger partial charge in [0.2, 0.25) is 0 Å². The highest BCUT2D eigenvalue weighted by atomic mass is 32.1. The lowest BCUT2D eigenvalue weighted by Gasteiger charge is -2.28. The fourth-order valence-corrected chi connectivity index (χ4v) is 4.96. The molecule has 3 heterocycles. The highest BCUT2D eigenvalue weighted by Crippen LogP contribution is 2.34. The lowest BCUT2D eigenvalue weighted by Crippen LogP contribution is -2.38. The Morgan fingerprint density at radius 2 is 2.07 bits per heavy atom. The molecular formula is C23H27N5OS. The lowest BCUT2D eigenvalue weighted by molar-refractivity contribution is 0.321. The maximum Gasteiger partial charge on any atom is 0.151 e. The molecule has 1 aliphatic carbocycles. The standard InChI is InChI=1S/C23H27N5OS/c1-15-24-13-22(30-15)17-5-6-19(21(29)11-17)20-7-8-23(27-26-20)28-10-9-16(14-28)12-25-18-3-2-4-18/h5-8,11,13,16,18,25,29H,2-4,9-10,12,14H2,1H3/t16-/m0/s1. The van der Waals surface area contributed by atoms with Gasteiger partial charge in [-0.2, -0.15) is 0 Å². The summed E-state index contributed by atoms with van der Waals surface area (Å²) in [4.78, 5) is 7.66. The Bertz CT molecular complexity index is 1010. The topological polar surface area (TPSA) is 74.2 Å². The van der Waals surface area contributed by atoms with Crippen LogP contribution in [0.3, 0.4) is 0 Å². The van der Waals surface area contributed by atoms with E-state index in [0.29, 0.717) is 17.2 Å². The van der Waals surface area contributed by atoms with Crippen LogP contribution in [0.25, 0.3) is 21.7 Å². The maximum absolute atomic E-state index is 10.6. The van der Waals surface area contributed by atoms with Gasteiger partial charge in [0.1, 0.15) is 5.75 Å². The number of aromatic hydroxyl groups is 1. The molecule has 2 aliphatic rings. The molecular weight excluding hydrogens is 394 g/mol. The third-order valence-corrected chi connectivity index (χ3v) is 7.20. The van der Waals surface area contributed by atoms with Crippen molar-refractivity contribution in [1.82, 2.24) is 20.5 Å². The minimum Gasteiger partial charge on any atom is -0.507 e. The number of thiazole rings is 1. The van der Waals surface area contributed by atoms with E-state index in [-0.39, 0.29) is 5.75 Å². The Hall–Kier alpha value is -2.51. The molecule has 0 radical (unpaired) electrons. The van der Waals surface area contributed by atoms with Gasteiger partial charge < -0.3 is 15.3 Å². The Balaban J connectivity index is 1.25. The van der Waals surface area contributed by atoms with E-state index in [1.165, 1.54) is 25.7 Å². The Kier molecular flexibility index (Phi) is 5.39. The molecule has 1 aliphatic heterocycles. The van der Waals surface area contributed by atoms with Crippen molar-refractivity contribution in [1.29, 1.82) is 0 Å². The second-order valence-corrected chi connectivity index (χ2v) is 9.62. The van der Waals surface area contributed by atoms with Gasteiger partial charge in [0.25, 0.3) is 0 Å². The molecule has 2 N–H and O–H groups in total. The van der Waals surface area contributed by atoms with Crippen molar-refractivity contribution in [3.05, 3.63) is 41.5 Å². The molecule has 0 amide bonds. The molecule has 1 aromatic carbocycles. The van der Waals surface area contributed by atoms with E-state index in [1.54, 1.807) is 17.4 Å². The first kappa shape index (κ1) is 19.5. The number of anilines is 1. The summed E-state index contributed by atoms with van der Waals surface area (Å²) in [6.07, 6.45) is 7.08. The molecule has 3 aromatic rings. The van der Waals surface area contributed by atoms with E-state index >= 15 is 0 Å². The third kappa shape index (κ3) is 4.04. The van der Waals surface area contributed by atoms with Crippen LogP contribution in [0, 0.1) is 12.8 Å². The molecule has 156 valence electrons. The average molecular weight is 422 g/mol. The van der Waals surface area contributed by atoms with Crippen molar-refractivity contribution >= 4 is 17.2 Å². The van der Waals surface area contributed by atoms with Gasteiger partial charge in [0.05, 0.1) is 15.6 Å². The summed E-state index contributed by atoms with van der Waals surface area (Å²) in [6, 6.07) is 10.4. The van der Waals surface area contributed by atoms with E-state index in [0.717, 1.165) is 46.9 Å². The lowest BCUT2D eigenvalue weighted by atomic mass is 9.92. The van der Waals surface area contributed by atoms with Crippen molar-refractivity contribution in [2.45, 2.75) is 38.6 Å². The minimum absolute atomic E-state index is 0.212. The van der Waals surface area contributed by atoms with Crippen molar-refractivity contribution in [2.24, 2.45) is 5.92 Å². The number of phenolic OH excluding ortho intramolecular Hbond substituents is 1. The van der Waals surface area contributed by atoms with Crippen LogP contribution in [-0.4, -0.2) is 46.0 Å². The molecule has 1 saturated carbocycles. The molecule has 1 atom stereocenters. The smallest absolute Gasteiger partial charge is 0.151 e. The number of nitrogens with zero attached hydrogens (tertiary/aromatic N) is 4. The molecule has 2 aromatic heterocycles.